The Morgan fingerprint density at radius 2 is 1.71 bits per heavy atom. The highest BCUT2D eigenvalue weighted by Crippen LogP contribution is 2.29. The van der Waals surface area contributed by atoms with Gasteiger partial charge in [0.1, 0.15) is 23.1 Å². The van der Waals surface area contributed by atoms with Crippen molar-refractivity contribution in [2.24, 2.45) is 0 Å². The summed E-state index contributed by atoms with van der Waals surface area (Å²) in [5.41, 5.74) is 2.20. The molecule has 3 rings (SSSR count). The largest absolute Gasteiger partial charge is 0.481 e. The van der Waals surface area contributed by atoms with Crippen LogP contribution in [0.4, 0.5) is 0 Å². The van der Waals surface area contributed by atoms with Crippen LogP contribution >= 0.6 is 0 Å². The summed E-state index contributed by atoms with van der Waals surface area (Å²) in [4.78, 5) is 23.8. The van der Waals surface area contributed by atoms with Crippen LogP contribution in [0, 0.1) is 11.3 Å². The fraction of sp³-hybridized carbons (Fsp3) is 0.0800. The number of benzene rings is 3. The first kappa shape index (κ1) is 21.3. The molecule has 0 spiro atoms. The highest BCUT2D eigenvalue weighted by atomic mass is 16.6. The van der Waals surface area contributed by atoms with Crippen molar-refractivity contribution < 1.29 is 23.8 Å². The fourth-order valence-corrected chi connectivity index (χ4v) is 2.83. The second-order valence-corrected chi connectivity index (χ2v) is 6.36. The minimum absolute atomic E-state index is 0.160. The van der Waals surface area contributed by atoms with E-state index in [2.05, 4.69) is 4.74 Å². The Morgan fingerprint density at radius 1 is 0.968 bits per heavy atom. The zero-order chi connectivity index (χ0) is 22.1. The van der Waals surface area contributed by atoms with Gasteiger partial charge < -0.3 is 14.2 Å². The van der Waals surface area contributed by atoms with Gasteiger partial charge in [-0.15, -0.1) is 0 Å². The summed E-state index contributed by atoms with van der Waals surface area (Å²) in [5, 5.41) is 9.07. The number of carbonyl (C=O) groups excluding carboxylic acids is 2. The first-order valence-electron chi connectivity index (χ1n) is 9.39. The summed E-state index contributed by atoms with van der Waals surface area (Å²) in [6.07, 6.45) is 1.36. The molecule has 0 heterocycles. The number of methoxy groups -OCH3 is 1. The standard InChI is InChI=1S/C25H19NO5/c1-29-25(28)20(16-26)14-18-8-7-11-21(15-18)31-24(27)17-30-23-13-6-5-12-22(23)19-9-3-2-4-10-19/h2-15H,17H2,1H3/b20-14+. The van der Waals surface area contributed by atoms with Gasteiger partial charge in [-0.05, 0) is 35.4 Å². The van der Waals surface area contributed by atoms with E-state index in [0.29, 0.717) is 11.3 Å². The SMILES string of the molecule is COC(=O)/C(C#N)=C/c1cccc(OC(=O)COc2ccccc2-c2ccccc2)c1. The molecule has 0 N–H and O–H groups in total. The molecule has 3 aromatic rings. The topological polar surface area (TPSA) is 85.6 Å². The lowest BCUT2D eigenvalue weighted by atomic mass is 10.1. The van der Waals surface area contributed by atoms with E-state index in [-0.39, 0.29) is 17.9 Å². The molecule has 0 aliphatic rings. The van der Waals surface area contributed by atoms with Crippen LogP contribution in [0.5, 0.6) is 11.5 Å². The quantitative estimate of drug-likeness (QED) is 0.247. The van der Waals surface area contributed by atoms with Gasteiger partial charge in [0.2, 0.25) is 0 Å². The van der Waals surface area contributed by atoms with Crippen molar-refractivity contribution in [1.82, 2.24) is 0 Å². The molecule has 0 saturated carbocycles. The highest BCUT2D eigenvalue weighted by Gasteiger charge is 2.12. The van der Waals surface area contributed by atoms with Gasteiger partial charge in [-0.2, -0.15) is 5.26 Å². The van der Waals surface area contributed by atoms with Crippen molar-refractivity contribution in [2.75, 3.05) is 13.7 Å². The van der Waals surface area contributed by atoms with E-state index in [0.717, 1.165) is 11.1 Å². The molecule has 6 nitrogen and oxygen atoms in total. The van der Waals surface area contributed by atoms with Gasteiger partial charge in [-0.25, -0.2) is 9.59 Å². The molecule has 3 aromatic carbocycles. The molecule has 6 heteroatoms. The molecule has 0 unspecified atom stereocenters. The molecular weight excluding hydrogens is 394 g/mol. The fourth-order valence-electron chi connectivity index (χ4n) is 2.83. The van der Waals surface area contributed by atoms with Gasteiger partial charge in [0, 0.05) is 5.56 Å². The molecule has 0 aliphatic heterocycles. The summed E-state index contributed by atoms with van der Waals surface area (Å²) in [6.45, 7) is -0.282. The molecular formula is C25H19NO5. The zero-order valence-corrected chi connectivity index (χ0v) is 16.8. The number of esters is 2. The first-order chi connectivity index (χ1) is 15.1. The van der Waals surface area contributed by atoms with E-state index in [1.807, 2.05) is 48.5 Å². The van der Waals surface area contributed by atoms with Crippen LogP contribution in [-0.4, -0.2) is 25.7 Å². The monoisotopic (exact) mass is 413 g/mol. The summed E-state index contributed by atoms with van der Waals surface area (Å²) < 4.78 is 15.6. The maximum Gasteiger partial charge on any atom is 0.349 e. The second-order valence-electron chi connectivity index (χ2n) is 6.36. The Balaban J connectivity index is 1.67. The van der Waals surface area contributed by atoms with Crippen LogP contribution < -0.4 is 9.47 Å². The Bertz CT molecular complexity index is 1150. The summed E-state index contributed by atoms with van der Waals surface area (Å²) in [6, 6.07) is 25.4. The smallest absolute Gasteiger partial charge is 0.349 e. The predicted octanol–water partition coefficient (Wildman–Crippen LogP) is 4.42. The van der Waals surface area contributed by atoms with Crippen LogP contribution in [0.2, 0.25) is 0 Å². The zero-order valence-electron chi connectivity index (χ0n) is 16.8. The van der Waals surface area contributed by atoms with Crippen LogP contribution in [0.3, 0.4) is 0 Å². The van der Waals surface area contributed by atoms with E-state index >= 15 is 0 Å². The molecule has 0 radical (unpaired) electrons. The normalized spacial score (nSPS) is 10.6. The number of hydrogen-bond donors (Lipinski definition) is 0. The molecule has 0 fully saturated rings. The number of carbonyl (C=O) groups is 2. The second kappa shape index (κ2) is 10.4. The third kappa shape index (κ3) is 5.81. The van der Waals surface area contributed by atoms with Gasteiger partial charge in [-0.1, -0.05) is 60.7 Å². The van der Waals surface area contributed by atoms with Gasteiger partial charge in [0.15, 0.2) is 6.61 Å². The van der Waals surface area contributed by atoms with Gasteiger partial charge in [0.05, 0.1) is 7.11 Å². The third-order valence-corrected chi connectivity index (χ3v) is 4.24. The van der Waals surface area contributed by atoms with E-state index in [4.69, 9.17) is 14.7 Å². The van der Waals surface area contributed by atoms with Crippen LogP contribution in [0.1, 0.15) is 5.56 Å². The average molecular weight is 413 g/mol. The maximum atomic E-state index is 12.3. The molecule has 0 aromatic heterocycles. The number of para-hydroxylation sites is 1. The molecule has 154 valence electrons. The Kier molecular flexibility index (Phi) is 7.17. The lowest BCUT2D eigenvalue weighted by molar-refractivity contribution is -0.137. The predicted molar refractivity (Wildman–Crippen MR) is 115 cm³/mol. The number of nitriles is 1. The van der Waals surface area contributed by atoms with E-state index in [1.54, 1.807) is 30.3 Å². The summed E-state index contributed by atoms with van der Waals surface area (Å²) in [7, 11) is 1.20. The van der Waals surface area contributed by atoms with Gasteiger partial charge >= 0.3 is 11.9 Å². The molecule has 0 amide bonds. The van der Waals surface area contributed by atoms with Crippen molar-refractivity contribution in [1.29, 1.82) is 5.26 Å². The van der Waals surface area contributed by atoms with Gasteiger partial charge in [0.25, 0.3) is 0 Å². The van der Waals surface area contributed by atoms with Crippen LogP contribution in [0.25, 0.3) is 17.2 Å². The molecule has 0 saturated heterocycles. The average Bonchev–Trinajstić information content (AvgIpc) is 2.81. The molecule has 31 heavy (non-hydrogen) atoms. The minimum Gasteiger partial charge on any atom is -0.481 e. The van der Waals surface area contributed by atoms with Crippen molar-refractivity contribution >= 4 is 18.0 Å². The lowest BCUT2D eigenvalue weighted by Crippen LogP contribution is -2.18. The van der Waals surface area contributed by atoms with Gasteiger partial charge in [-0.3, -0.25) is 0 Å². The first-order valence-corrected chi connectivity index (χ1v) is 9.39. The van der Waals surface area contributed by atoms with Crippen molar-refractivity contribution in [2.45, 2.75) is 0 Å². The van der Waals surface area contributed by atoms with E-state index in [1.165, 1.54) is 19.3 Å². The van der Waals surface area contributed by atoms with Crippen molar-refractivity contribution in [3.63, 3.8) is 0 Å². The van der Waals surface area contributed by atoms with E-state index in [9.17, 15) is 9.59 Å². The Morgan fingerprint density at radius 3 is 2.45 bits per heavy atom. The third-order valence-electron chi connectivity index (χ3n) is 4.24. The number of ether oxygens (including phenoxy) is 3. The summed E-state index contributed by atoms with van der Waals surface area (Å²) >= 11 is 0. The minimum atomic E-state index is -0.740. The molecule has 0 aliphatic carbocycles. The summed E-state index contributed by atoms with van der Waals surface area (Å²) in [5.74, 6) is -0.493. The van der Waals surface area contributed by atoms with Crippen LogP contribution in [0.15, 0.2) is 84.4 Å². The number of hydrogen-bond acceptors (Lipinski definition) is 6. The highest BCUT2D eigenvalue weighted by molar-refractivity contribution is 5.97. The lowest BCUT2D eigenvalue weighted by Gasteiger charge is -2.11. The Hall–Kier alpha value is -4.37. The molecule has 0 bridgehead atoms. The maximum absolute atomic E-state index is 12.3. The number of nitrogens with zero attached hydrogens (tertiary/aromatic N) is 1. The van der Waals surface area contributed by atoms with E-state index < -0.39 is 11.9 Å². The number of rotatable bonds is 7. The Labute approximate surface area is 179 Å². The van der Waals surface area contributed by atoms with Crippen molar-refractivity contribution in [3.8, 4) is 28.7 Å². The van der Waals surface area contributed by atoms with Crippen LogP contribution in [-0.2, 0) is 14.3 Å². The van der Waals surface area contributed by atoms with Crippen molar-refractivity contribution in [3.05, 3.63) is 90.0 Å². The molecule has 0 atom stereocenters.